The molecule has 3 aliphatic rings. The fourth-order valence-corrected chi connectivity index (χ4v) is 12.7. The standard InChI is InChI=1S/C33H42FN4O5PSi/c1-5-26-30(29(34)32(41-26)37-20-18-28(36-33(37)40)35-31(39)22(2)3)43-44-38-19-12-17-25(38)27(42-44)21-45(4,23-13-8-6-9-14-23)24-15-10-7-11-16-24/h6-11,13-16,18,20,22,25-27,29-30,32H,5,12,17,19,21H2,1-4H3,(H,35,36,39,40)/t25-,26-,27+,29?,30+,32-,44+/m1/s1. The lowest BCUT2D eigenvalue weighted by Gasteiger charge is -2.32. The van der Waals surface area contributed by atoms with E-state index in [9.17, 15) is 9.59 Å². The molecule has 1 amide bonds. The number of hydrogen-bond donors (Lipinski definition) is 1. The first-order valence-corrected chi connectivity index (χ1v) is 19.7. The molecule has 1 N–H and O–H groups in total. The van der Waals surface area contributed by atoms with Crippen LogP contribution >= 0.6 is 8.53 Å². The Hall–Kier alpha value is -2.79. The summed E-state index contributed by atoms with van der Waals surface area (Å²) in [7, 11) is -3.70. The van der Waals surface area contributed by atoms with Gasteiger partial charge in [0.1, 0.15) is 20.0 Å². The van der Waals surface area contributed by atoms with Crippen LogP contribution in [0.15, 0.2) is 77.7 Å². The minimum absolute atomic E-state index is 0.0349. The average molecular weight is 653 g/mol. The second-order valence-electron chi connectivity index (χ2n) is 12.7. The number of nitrogens with one attached hydrogen (secondary N) is 1. The number of alkyl halides is 1. The third kappa shape index (κ3) is 6.44. The number of nitrogens with zero attached hydrogens (tertiary/aromatic N) is 3. The van der Waals surface area contributed by atoms with Gasteiger partial charge in [0, 0.05) is 24.7 Å². The molecule has 2 aromatic carbocycles. The number of benzene rings is 2. The molecule has 3 fully saturated rings. The molecule has 1 aromatic heterocycles. The zero-order chi connectivity index (χ0) is 31.7. The van der Waals surface area contributed by atoms with Gasteiger partial charge in [0.15, 0.2) is 12.4 Å². The van der Waals surface area contributed by atoms with Crippen LogP contribution in [0.25, 0.3) is 0 Å². The number of halogens is 1. The molecule has 4 heterocycles. The molecular formula is C33H42FN4O5PSi. The lowest BCUT2D eigenvalue weighted by Crippen LogP contribution is -2.58. The molecule has 0 bridgehead atoms. The van der Waals surface area contributed by atoms with E-state index in [-0.39, 0.29) is 29.8 Å². The first-order valence-electron chi connectivity index (χ1n) is 15.9. The van der Waals surface area contributed by atoms with Gasteiger partial charge >= 0.3 is 5.69 Å². The highest BCUT2D eigenvalue weighted by molar-refractivity contribution is 7.45. The number of carbonyl (C=O) groups is 1. The van der Waals surface area contributed by atoms with Gasteiger partial charge in [-0.05, 0) is 31.4 Å². The largest absolute Gasteiger partial charge is 0.351 e. The van der Waals surface area contributed by atoms with Crippen molar-refractivity contribution in [1.29, 1.82) is 0 Å². The van der Waals surface area contributed by atoms with Crippen molar-refractivity contribution in [2.45, 2.75) is 89.4 Å². The predicted octanol–water partition coefficient (Wildman–Crippen LogP) is 4.85. The molecule has 0 saturated carbocycles. The number of aromatic nitrogens is 2. The quantitative estimate of drug-likeness (QED) is 0.247. The molecule has 3 saturated heterocycles. The molecule has 0 spiro atoms. The van der Waals surface area contributed by atoms with Crippen LogP contribution in [0.3, 0.4) is 0 Å². The van der Waals surface area contributed by atoms with E-state index in [2.05, 4.69) is 82.2 Å². The van der Waals surface area contributed by atoms with E-state index < -0.39 is 46.9 Å². The molecule has 0 radical (unpaired) electrons. The number of hydrogen-bond acceptors (Lipinski definition) is 7. The van der Waals surface area contributed by atoms with E-state index >= 15 is 4.39 Å². The highest BCUT2D eigenvalue weighted by Crippen LogP contribution is 2.59. The van der Waals surface area contributed by atoms with E-state index in [0.29, 0.717) is 6.42 Å². The molecule has 3 aromatic rings. The molecule has 6 rings (SSSR count). The SMILES string of the molecule is CC[C@H]1O[C@@H](n2ccc(NC(=O)C(C)C)nc2=O)C(F)[C@H]1O[P@]1O[C@@H](C[Si](C)(c2ccccc2)c2ccccc2)[C@H]2CCCN21. The van der Waals surface area contributed by atoms with Crippen LogP contribution in [0.4, 0.5) is 10.2 Å². The summed E-state index contributed by atoms with van der Waals surface area (Å²) in [4.78, 5) is 28.9. The number of carbonyl (C=O) groups excluding carboxylic acids is 1. The topological polar surface area (TPSA) is 94.9 Å². The van der Waals surface area contributed by atoms with Crippen molar-refractivity contribution < 1.29 is 23.0 Å². The Labute approximate surface area is 266 Å². The summed E-state index contributed by atoms with van der Waals surface area (Å²) < 4.78 is 39.1. The highest BCUT2D eigenvalue weighted by atomic mass is 31.2. The lowest BCUT2D eigenvalue weighted by atomic mass is 10.1. The summed E-state index contributed by atoms with van der Waals surface area (Å²) in [5, 5.41) is 5.33. The summed E-state index contributed by atoms with van der Waals surface area (Å²) in [6.45, 7) is 8.67. The van der Waals surface area contributed by atoms with Crippen molar-refractivity contribution in [3.63, 3.8) is 0 Å². The molecule has 9 nitrogen and oxygen atoms in total. The van der Waals surface area contributed by atoms with Gasteiger partial charge in [-0.15, -0.1) is 0 Å². The summed E-state index contributed by atoms with van der Waals surface area (Å²) >= 11 is 0. The predicted molar refractivity (Wildman–Crippen MR) is 176 cm³/mol. The van der Waals surface area contributed by atoms with E-state index in [1.807, 2.05) is 6.92 Å². The van der Waals surface area contributed by atoms with Crippen molar-refractivity contribution in [2.75, 3.05) is 11.9 Å². The third-order valence-corrected chi connectivity index (χ3v) is 15.6. The monoisotopic (exact) mass is 652 g/mol. The first kappa shape index (κ1) is 32.2. The van der Waals surface area contributed by atoms with E-state index in [1.54, 1.807) is 13.8 Å². The second kappa shape index (κ2) is 13.5. The van der Waals surface area contributed by atoms with Gasteiger partial charge in [-0.25, -0.2) is 13.9 Å². The maximum absolute atomic E-state index is 16.2. The molecule has 45 heavy (non-hydrogen) atoms. The minimum Gasteiger partial charge on any atom is -0.349 e. The fraction of sp³-hybridized carbons (Fsp3) is 0.485. The van der Waals surface area contributed by atoms with Crippen LogP contribution in [0.5, 0.6) is 0 Å². The second-order valence-corrected chi connectivity index (χ2v) is 18.3. The van der Waals surface area contributed by atoms with Gasteiger partial charge in [-0.1, -0.05) is 98.4 Å². The van der Waals surface area contributed by atoms with Gasteiger partial charge in [0.2, 0.25) is 5.91 Å². The van der Waals surface area contributed by atoms with E-state index in [0.717, 1.165) is 30.0 Å². The third-order valence-electron chi connectivity index (χ3n) is 9.33. The van der Waals surface area contributed by atoms with Crippen molar-refractivity contribution in [3.8, 4) is 0 Å². The number of fused-ring (bicyclic) bond motifs is 1. The zero-order valence-corrected chi connectivity index (χ0v) is 28.1. The Kier molecular flexibility index (Phi) is 9.66. The molecule has 0 aliphatic carbocycles. The number of ether oxygens (including phenoxy) is 1. The molecule has 7 atom stereocenters. The van der Waals surface area contributed by atoms with Crippen molar-refractivity contribution >= 4 is 38.7 Å². The maximum atomic E-state index is 16.2. The van der Waals surface area contributed by atoms with Gasteiger partial charge in [0.05, 0.1) is 12.2 Å². The summed E-state index contributed by atoms with van der Waals surface area (Å²) in [6.07, 6.45) is -0.302. The van der Waals surface area contributed by atoms with Gasteiger partial charge < -0.3 is 19.1 Å². The van der Waals surface area contributed by atoms with Crippen LogP contribution < -0.4 is 21.4 Å². The average Bonchev–Trinajstić information content (AvgIpc) is 3.74. The van der Waals surface area contributed by atoms with Crippen LogP contribution in [0.1, 0.15) is 46.3 Å². The molecule has 3 aliphatic heterocycles. The molecule has 240 valence electrons. The fourth-order valence-electron chi connectivity index (χ4n) is 6.70. The van der Waals surface area contributed by atoms with E-state index in [4.69, 9.17) is 13.8 Å². The van der Waals surface area contributed by atoms with Crippen molar-refractivity contribution in [1.82, 2.24) is 14.2 Å². The zero-order valence-electron chi connectivity index (χ0n) is 26.2. The van der Waals surface area contributed by atoms with Crippen LogP contribution in [0.2, 0.25) is 12.6 Å². The molecule has 1 unspecified atom stereocenters. The minimum atomic E-state index is -2.18. The Bertz CT molecular complexity index is 1490. The molecular weight excluding hydrogens is 610 g/mol. The van der Waals surface area contributed by atoms with Gasteiger partial charge in [-0.2, -0.15) is 4.98 Å². The number of rotatable bonds is 10. The summed E-state index contributed by atoms with van der Waals surface area (Å²) in [6, 6.07) is 24.1. The summed E-state index contributed by atoms with van der Waals surface area (Å²) in [5.74, 6) is -0.403. The van der Waals surface area contributed by atoms with Crippen LogP contribution in [0, 0.1) is 5.92 Å². The normalized spacial score (nSPS) is 28.4. The van der Waals surface area contributed by atoms with Crippen molar-refractivity contribution in [3.05, 3.63) is 83.4 Å². The van der Waals surface area contributed by atoms with Crippen LogP contribution in [-0.2, 0) is 18.6 Å². The Morgan fingerprint density at radius 2 is 1.78 bits per heavy atom. The highest BCUT2D eigenvalue weighted by Gasteiger charge is 2.54. The van der Waals surface area contributed by atoms with Gasteiger partial charge in [0.25, 0.3) is 8.53 Å². The van der Waals surface area contributed by atoms with Gasteiger partial charge in [-0.3, -0.25) is 9.36 Å². The molecule has 12 heteroatoms. The Morgan fingerprint density at radius 3 is 2.38 bits per heavy atom. The maximum Gasteiger partial charge on any atom is 0.351 e. The lowest BCUT2D eigenvalue weighted by molar-refractivity contribution is -0.118. The number of anilines is 1. The summed E-state index contributed by atoms with van der Waals surface area (Å²) in [5.41, 5.74) is -0.701. The Balaban J connectivity index is 1.20. The van der Waals surface area contributed by atoms with Crippen LogP contribution in [-0.4, -0.2) is 65.3 Å². The smallest absolute Gasteiger partial charge is 0.349 e. The Morgan fingerprint density at radius 1 is 1.11 bits per heavy atom. The van der Waals surface area contributed by atoms with E-state index in [1.165, 1.54) is 22.6 Å². The number of amides is 1. The van der Waals surface area contributed by atoms with Crippen molar-refractivity contribution in [2.24, 2.45) is 5.92 Å². The first-order chi connectivity index (χ1) is 21.7.